The number of rotatable bonds is 6. The monoisotopic (exact) mass is 232 g/mol. The van der Waals surface area contributed by atoms with Crippen LogP contribution in [0.4, 0.5) is 0 Å². The van der Waals surface area contributed by atoms with Gasteiger partial charge in [-0.15, -0.1) is 0 Å². The molecule has 0 bridgehead atoms. The van der Waals surface area contributed by atoms with Crippen molar-refractivity contribution in [2.75, 3.05) is 13.1 Å². The van der Waals surface area contributed by atoms with E-state index in [1.165, 1.54) is 25.7 Å². The Morgan fingerprint density at radius 3 is 1.77 bits per heavy atom. The second-order valence-corrected chi connectivity index (χ2v) is 3.31. The molecule has 0 heterocycles. The standard InChI is InChI=1S/C8H18N.CH2O2.Ni/c1-3-5-7-9-8-6-4-2;2-1-3;/h3-8H2,1-2H3;1H,(H,2,3);/q-1;;+1. The predicted octanol–water partition coefficient (Wildman–Crippen LogP) is 2.05. The minimum atomic E-state index is -0.250. The van der Waals surface area contributed by atoms with E-state index in [-0.39, 0.29) is 6.47 Å². The van der Waals surface area contributed by atoms with Gasteiger partial charge in [-0.3, -0.25) is 4.79 Å². The van der Waals surface area contributed by atoms with E-state index in [9.17, 15) is 0 Å². The summed E-state index contributed by atoms with van der Waals surface area (Å²) in [6.07, 6.45) is 5.02. The topological polar surface area (TPSA) is 40.5 Å². The van der Waals surface area contributed by atoms with Gasteiger partial charge >= 0.3 is 72.3 Å². The fraction of sp³-hybridized carbons (Fsp3) is 0.889. The molecule has 3 nitrogen and oxygen atoms in total. The quantitative estimate of drug-likeness (QED) is 0.563. The Morgan fingerprint density at radius 1 is 1.23 bits per heavy atom. The molecule has 0 saturated carbocycles. The Balaban J connectivity index is 0. The van der Waals surface area contributed by atoms with E-state index in [1.54, 1.807) is 0 Å². The molecule has 0 unspecified atom stereocenters. The molecule has 83 valence electrons. The van der Waals surface area contributed by atoms with Crippen LogP contribution in [0.2, 0.25) is 0 Å². The van der Waals surface area contributed by atoms with Crippen molar-refractivity contribution in [1.82, 2.24) is 3.98 Å². The molecule has 0 aromatic carbocycles. The van der Waals surface area contributed by atoms with Crippen LogP contribution in [0.1, 0.15) is 39.5 Å². The maximum atomic E-state index is 8.36. The van der Waals surface area contributed by atoms with Gasteiger partial charge in [-0.05, 0) is 0 Å². The van der Waals surface area contributed by atoms with Gasteiger partial charge in [0.05, 0.1) is 0 Å². The van der Waals surface area contributed by atoms with Crippen molar-refractivity contribution >= 4 is 6.47 Å². The Morgan fingerprint density at radius 2 is 1.54 bits per heavy atom. The number of hydrogen-bond acceptors (Lipinski definition) is 2. The Hall–Kier alpha value is -0.0765. The molecular formula is C9H20NNiO2. The zero-order valence-corrected chi connectivity index (χ0v) is 9.43. The first-order chi connectivity index (χ1) is 6.22. The van der Waals surface area contributed by atoms with E-state index in [0.29, 0.717) is 0 Å². The van der Waals surface area contributed by atoms with Crippen LogP contribution >= 0.6 is 0 Å². The zero-order valence-electron chi connectivity index (χ0n) is 8.44. The average Bonchev–Trinajstić information content (AvgIpc) is 2.12. The summed E-state index contributed by atoms with van der Waals surface area (Å²) in [6.45, 7) is 6.37. The van der Waals surface area contributed by atoms with E-state index < -0.39 is 0 Å². The molecule has 1 N–H and O–H groups in total. The summed E-state index contributed by atoms with van der Waals surface area (Å²) in [7, 11) is 0. The molecule has 13 heavy (non-hydrogen) atoms. The molecule has 0 aliphatic rings. The average molecular weight is 233 g/mol. The van der Waals surface area contributed by atoms with Crippen LogP contribution < -0.4 is 0 Å². The molecule has 0 saturated heterocycles. The molecule has 0 fully saturated rings. The molecule has 0 aliphatic heterocycles. The first kappa shape index (κ1) is 15.4. The van der Waals surface area contributed by atoms with E-state index in [4.69, 9.17) is 25.6 Å². The van der Waals surface area contributed by atoms with E-state index in [1.807, 2.05) is 3.98 Å². The van der Waals surface area contributed by atoms with Gasteiger partial charge in [-0.1, -0.05) is 0 Å². The number of carboxylic acid groups (broad SMARTS) is 1. The Labute approximate surface area is 89.1 Å². The van der Waals surface area contributed by atoms with Crippen LogP contribution in [-0.2, 0) is 20.5 Å². The number of carbonyl (C=O) groups is 1. The molecule has 0 aliphatic carbocycles. The zero-order chi connectivity index (χ0) is 10.5. The summed E-state index contributed by atoms with van der Waals surface area (Å²) in [4.78, 5) is 8.36. The van der Waals surface area contributed by atoms with E-state index in [2.05, 4.69) is 13.8 Å². The third-order valence-electron chi connectivity index (χ3n) is 1.48. The minimum Gasteiger partial charge on any atom is -0.483 e. The molecule has 0 radical (unpaired) electrons. The van der Waals surface area contributed by atoms with Crippen LogP contribution in [0, 0.1) is 0 Å². The number of hydrogen-bond donors (Lipinski definition) is 1. The van der Waals surface area contributed by atoms with Gasteiger partial charge in [0, 0.05) is 0 Å². The van der Waals surface area contributed by atoms with E-state index >= 15 is 0 Å². The molecule has 0 aromatic heterocycles. The third kappa shape index (κ3) is 18.7. The van der Waals surface area contributed by atoms with E-state index in [0.717, 1.165) is 13.1 Å². The maximum absolute atomic E-state index is 8.36. The predicted molar refractivity (Wildman–Crippen MR) is 50.1 cm³/mol. The van der Waals surface area contributed by atoms with Gasteiger partial charge in [-0.2, -0.15) is 0 Å². The van der Waals surface area contributed by atoms with Crippen molar-refractivity contribution in [3.63, 3.8) is 0 Å². The van der Waals surface area contributed by atoms with Crippen molar-refractivity contribution in [3.05, 3.63) is 0 Å². The van der Waals surface area contributed by atoms with Gasteiger partial charge in [0.1, 0.15) is 0 Å². The smallest absolute Gasteiger partial charge is 0.290 e. The van der Waals surface area contributed by atoms with Gasteiger partial charge in [0.15, 0.2) is 0 Å². The van der Waals surface area contributed by atoms with Gasteiger partial charge in [-0.25, -0.2) is 0 Å². The second-order valence-electron chi connectivity index (χ2n) is 2.68. The van der Waals surface area contributed by atoms with Gasteiger partial charge < -0.3 is 5.11 Å². The second kappa shape index (κ2) is 14.4. The number of unbranched alkanes of at least 4 members (excludes halogenated alkanes) is 2. The molecule has 0 spiro atoms. The summed E-state index contributed by atoms with van der Waals surface area (Å²) < 4.78 is 2.05. The van der Waals surface area contributed by atoms with Gasteiger partial charge in [0.25, 0.3) is 6.47 Å². The minimum absolute atomic E-state index is 0.250. The summed E-state index contributed by atoms with van der Waals surface area (Å²) in [5.74, 6) is 0. The van der Waals surface area contributed by atoms with Crippen LogP contribution in [0.25, 0.3) is 0 Å². The Kier molecular flexibility index (Phi) is 17.1. The summed E-state index contributed by atoms with van der Waals surface area (Å²) in [6, 6.07) is 0. The molecular weight excluding hydrogens is 213 g/mol. The molecule has 0 atom stereocenters. The van der Waals surface area contributed by atoms with Crippen molar-refractivity contribution < 1.29 is 25.6 Å². The molecule has 4 heteroatoms. The normalized spacial score (nSPS) is 9.31. The summed E-state index contributed by atoms with van der Waals surface area (Å²) in [5.41, 5.74) is 0. The summed E-state index contributed by atoms with van der Waals surface area (Å²) >= 11 is 4.81. The maximum Gasteiger partial charge on any atom is 0.290 e. The van der Waals surface area contributed by atoms with Crippen molar-refractivity contribution in [2.24, 2.45) is 0 Å². The summed E-state index contributed by atoms with van der Waals surface area (Å²) in [5, 5.41) is 6.89. The van der Waals surface area contributed by atoms with Crippen LogP contribution in [0.5, 0.6) is 0 Å². The molecule has 0 aromatic rings. The van der Waals surface area contributed by atoms with Gasteiger partial charge in [0.2, 0.25) is 0 Å². The molecule has 0 amide bonds. The van der Waals surface area contributed by atoms with Crippen molar-refractivity contribution in [2.45, 2.75) is 39.5 Å². The molecule has 0 rings (SSSR count). The fourth-order valence-corrected chi connectivity index (χ4v) is 1.06. The number of nitrogens with zero attached hydrogens (tertiary/aromatic N) is 1. The van der Waals surface area contributed by atoms with Crippen LogP contribution in [-0.4, -0.2) is 28.6 Å². The SMILES string of the molecule is CCCC[N]([Ni])CCCC.O=CO. The first-order valence-electron chi connectivity index (χ1n) is 4.68. The fourth-order valence-electron chi connectivity index (χ4n) is 0.752. The van der Waals surface area contributed by atoms with Crippen LogP contribution in [0.15, 0.2) is 0 Å². The largest absolute Gasteiger partial charge is 0.483 e. The van der Waals surface area contributed by atoms with Crippen molar-refractivity contribution in [3.8, 4) is 0 Å². The van der Waals surface area contributed by atoms with Crippen LogP contribution in [0.3, 0.4) is 0 Å². The Bertz CT molecular complexity index is 93.6. The first-order valence-corrected chi connectivity index (χ1v) is 5.12. The van der Waals surface area contributed by atoms with Crippen molar-refractivity contribution in [1.29, 1.82) is 0 Å². The third-order valence-corrected chi connectivity index (χ3v) is 1.92.